The van der Waals surface area contributed by atoms with Crippen LogP contribution in [0.5, 0.6) is 0 Å². The minimum absolute atomic E-state index is 0.153. The smallest absolute Gasteiger partial charge is 0.303 e. The van der Waals surface area contributed by atoms with Gasteiger partial charge in [-0.15, -0.1) is 0 Å². The molecule has 2 rings (SSSR count). The summed E-state index contributed by atoms with van der Waals surface area (Å²) in [7, 11) is -1.86. The fourth-order valence-electron chi connectivity index (χ4n) is 2.47. The monoisotopic (exact) mass is 297 g/mol. The van der Waals surface area contributed by atoms with Gasteiger partial charge in [-0.1, -0.05) is 31.5 Å². The van der Waals surface area contributed by atoms with Gasteiger partial charge in [-0.3, -0.25) is 4.31 Å². The van der Waals surface area contributed by atoms with Gasteiger partial charge in [0.25, 0.3) is 0 Å². The Morgan fingerprint density at radius 1 is 1.40 bits per heavy atom. The van der Waals surface area contributed by atoms with Gasteiger partial charge in [-0.05, 0) is 24.5 Å². The van der Waals surface area contributed by atoms with Crippen LogP contribution in [-0.4, -0.2) is 38.9 Å². The molecule has 2 N–H and O–H groups in total. The number of benzene rings is 1. The third-order valence-corrected chi connectivity index (χ3v) is 5.51. The maximum absolute atomic E-state index is 12.7. The lowest BCUT2D eigenvalue weighted by Crippen LogP contribution is -2.50. The highest BCUT2D eigenvalue weighted by Crippen LogP contribution is 2.29. The van der Waals surface area contributed by atoms with Gasteiger partial charge in [0.1, 0.15) is 0 Å². The molecule has 0 radical (unpaired) electrons. The number of para-hydroxylation sites is 1. The van der Waals surface area contributed by atoms with Crippen molar-refractivity contribution in [3.63, 3.8) is 0 Å². The van der Waals surface area contributed by atoms with Gasteiger partial charge in [0.2, 0.25) is 0 Å². The molecule has 1 unspecified atom stereocenters. The van der Waals surface area contributed by atoms with E-state index in [0.29, 0.717) is 13.1 Å². The van der Waals surface area contributed by atoms with Gasteiger partial charge in [0, 0.05) is 19.6 Å². The summed E-state index contributed by atoms with van der Waals surface area (Å²) in [5, 5.41) is 0. The Kier molecular flexibility index (Phi) is 4.67. The summed E-state index contributed by atoms with van der Waals surface area (Å²) in [4.78, 5) is 0. The summed E-state index contributed by atoms with van der Waals surface area (Å²) in [6.45, 7) is 2.93. The topological polar surface area (TPSA) is 66.6 Å². The second kappa shape index (κ2) is 6.11. The average molecular weight is 297 g/mol. The molecule has 20 heavy (non-hydrogen) atoms. The van der Waals surface area contributed by atoms with Crippen LogP contribution in [0.15, 0.2) is 24.3 Å². The third kappa shape index (κ3) is 2.97. The Morgan fingerprint density at radius 2 is 2.10 bits per heavy atom. The van der Waals surface area contributed by atoms with E-state index in [4.69, 9.17) is 5.73 Å². The van der Waals surface area contributed by atoms with Gasteiger partial charge in [0.05, 0.1) is 12.2 Å². The van der Waals surface area contributed by atoms with Crippen molar-refractivity contribution in [2.75, 3.05) is 24.4 Å². The average Bonchev–Trinajstić information content (AvgIpc) is 2.43. The quantitative estimate of drug-likeness (QED) is 0.892. The summed E-state index contributed by atoms with van der Waals surface area (Å²) in [5.41, 5.74) is 7.77. The number of hydrogen-bond acceptors (Lipinski definition) is 3. The normalized spacial score (nSPS) is 19.2. The molecule has 1 aliphatic rings. The molecular weight excluding hydrogens is 274 g/mol. The molecule has 1 aromatic carbocycles. The highest BCUT2D eigenvalue weighted by atomic mass is 32.2. The van der Waals surface area contributed by atoms with Gasteiger partial charge in [-0.2, -0.15) is 12.7 Å². The van der Waals surface area contributed by atoms with Gasteiger partial charge >= 0.3 is 10.2 Å². The Morgan fingerprint density at radius 3 is 2.80 bits per heavy atom. The first kappa shape index (κ1) is 15.3. The molecule has 1 aliphatic heterocycles. The van der Waals surface area contributed by atoms with Crippen LogP contribution in [0.2, 0.25) is 0 Å². The maximum Gasteiger partial charge on any atom is 0.303 e. The summed E-state index contributed by atoms with van der Waals surface area (Å²) in [5.74, 6) is 0. The van der Waals surface area contributed by atoms with Crippen molar-refractivity contribution < 1.29 is 8.42 Å². The van der Waals surface area contributed by atoms with Crippen LogP contribution in [0.3, 0.4) is 0 Å². The first-order valence-corrected chi connectivity index (χ1v) is 8.44. The molecule has 1 atom stereocenters. The lowest BCUT2D eigenvalue weighted by molar-refractivity contribution is 0.452. The molecular formula is C14H23N3O2S. The van der Waals surface area contributed by atoms with E-state index in [1.165, 1.54) is 8.61 Å². The lowest BCUT2D eigenvalue weighted by atomic mass is 10.0. The Balaban J connectivity index is 2.32. The van der Waals surface area contributed by atoms with Crippen molar-refractivity contribution in [3.8, 4) is 0 Å². The number of rotatable bonds is 5. The van der Waals surface area contributed by atoms with Crippen LogP contribution < -0.4 is 10.0 Å². The number of anilines is 1. The third-order valence-electron chi connectivity index (χ3n) is 3.64. The van der Waals surface area contributed by atoms with E-state index in [-0.39, 0.29) is 6.04 Å². The van der Waals surface area contributed by atoms with Gasteiger partial charge < -0.3 is 5.73 Å². The van der Waals surface area contributed by atoms with Crippen LogP contribution in [0.4, 0.5) is 5.69 Å². The molecule has 0 aromatic heterocycles. The molecule has 0 saturated heterocycles. The van der Waals surface area contributed by atoms with Crippen LogP contribution in [0, 0.1) is 0 Å². The minimum Gasteiger partial charge on any atom is -0.326 e. The van der Waals surface area contributed by atoms with Crippen LogP contribution in [0.1, 0.15) is 25.3 Å². The molecule has 6 heteroatoms. The zero-order chi connectivity index (χ0) is 14.8. The molecule has 0 aliphatic carbocycles. The first-order chi connectivity index (χ1) is 9.46. The van der Waals surface area contributed by atoms with Gasteiger partial charge in [0.15, 0.2) is 0 Å². The van der Waals surface area contributed by atoms with Crippen LogP contribution >= 0.6 is 0 Å². The molecule has 1 aromatic rings. The Bertz CT molecular complexity index is 559. The second-order valence-electron chi connectivity index (χ2n) is 5.31. The van der Waals surface area contributed by atoms with Crippen LogP contribution in [0.25, 0.3) is 0 Å². The van der Waals surface area contributed by atoms with E-state index in [0.717, 1.165) is 30.5 Å². The molecule has 0 bridgehead atoms. The highest BCUT2D eigenvalue weighted by Gasteiger charge is 2.33. The predicted molar refractivity (Wildman–Crippen MR) is 81.9 cm³/mol. The van der Waals surface area contributed by atoms with Crippen molar-refractivity contribution in [2.45, 2.75) is 32.2 Å². The van der Waals surface area contributed by atoms with Crippen molar-refractivity contribution in [2.24, 2.45) is 5.73 Å². The number of hydrogen-bond donors (Lipinski definition) is 1. The summed E-state index contributed by atoms with van der Waals surface area (Å²) >= 11 is 0. The van der Waals surface area contributed by atoms with E-state index in [1.54, 1.807) is 7.05 Å². The second-order valence-corrected chi connectivity index (χ2v) is 7.27. The zero-order valence-corrected chi connectivity index (χ0v) is 12.9. The van der Waals surface area contributed by atoms with Crippen molar-refractivity contribution in [1.82, 2.24) is 4.31 Å². The fourth-order valence-corrected chi connectivity index (χ4v) is 3.97. The molecule has 0 spiro atoms. The Hall–Kier alpha value is -1.11. The molecule has 112 valence electrons. The molecule has 0 amide bonds. The van der Waals surface area contributed by atoms with E-state index in [9.17, 15) is 8.42 Å². The molecule has 1 heterocycles. The van der Waals surface area contributed by atoms with E-state index < -0.39 is 10.2 Å². The maximum atomic E-state index is 12.7. The van der Waals surface area contributed by atoms with Crippen molar-refractivity contribution in [1.29, 1.82) is 0 Å². The number of nitrogens with two attached hydrogens (primary N) is 1. The molecule has 5 nitrogen and oxygen atoms in total. The lowest BCUT2D eigenvalue weighted by Gasteiger charge is -2.36. The molecule has 0 saturated carbocycles. The minimum atomic E-state index is -3.49. The standard InChI is InChI=1S/C14H23N3O2S/c1-3-4-9-16(2)20(18,19)17-11-13(15)10-12-7-5-6-8-14(12)17/h5-8,13H,3-4,9-11,15H2,1-2H3. The predicted octanol–water partition coefficient (Wildman–Crippen LogP) is 1.35. The highest BCUT2D eigenvalue weighted by molar-refractivity contribution is 7.90. The largest absolute Gasteiger partial charge is 0.326 e. The summed E-state index contributed by atoms with van der Waals surface area (Å²) in [6, 6.07) is 7.43. The van der Waals surface area contributed by atoms with Crippen molar-refractivity contribution >= 4 is 15.9 Å². The number of nitrogens with zero attached hydrogens (tertiary/aromatic N) is 2. The summed E-state index contributed by atoms with van der Waals surface area (Å²) < 4.78 is 28.3. The van der Waals surface area contributed by atoms with E-state index >= 15 is 0 Å². The van der Waals surface area contributed by atoms with Crippen molar-refractivity contribution in [3.05, 3.63) is 29.8 Å². The van der Waals surface area contributed by atoms with E-state index in [1.807, 2.05) is 31.2 Å². The first-order valence-electron chi connectivity index (χ1n) is 7.04. The molecule has 0 fully saturated rings. The fraction of sp³-hybridized carbons (Fsp3) is 0.571. The van der Waals surface area contributed by atoms with Gasteiger partial charge in [-0.25, -0.2) is 0 Å². The van der Waals surface area contributed by atoms with E-state index in [2.05, 4.69) is 0 Å². The number of fused-ring (bicyclic) bond motifs is 1. The zero-order valence-electron chi connectivity index (χ0n) is 12.1. The number of unbranched alkanes of at least 4 members (excludes halogenated alkanes) is 1. The van der Waals surface area contributed by atoms with Crippen LogP contribution in [-0.2, 0) is 16.6 Å². The SMILES string of the molecule is CCCCN(C)S(=O)(=O)N1CC(N)Cc2ccccc21. The summed E-state index contributed by atoms with van der Waals surface area (Å²) in [6.07, 6.45) is 2.55. The Labute approximate surface area is 121 Å².